The van der Waals surface area contributed by atoms with E-state index in [4.69, 9.17) is 0 Å². The molecule has 2 aliphatic rings. The maximum atomic E-state index is 3.79. The number of rotatable bonds is 3. The first kappa shape index (κ1) is 11.1. The minimum Gasteiger partial charge on any atom is -0.310 e. The third kappa shape index (κ3) is 2.18. The molecule has 3 heteroatoms. The molecule has 0 radical (unpaired) electrons. The molecule has 0 bridgehead atoms. The van der Waals surface area contributed by atoms with E-state index in [0.717, 1.165) is 11.2 Å². The van der Waals surface area contributed by atoms with E-state index in [0.29, 0.717) is 6.04 Å². The highest BCUT2D eigenvalue weighted by Gasteiger charge is 2.27. The van der Waals surface area contributed by atoms with Gasteiger partial charge >= 0.3 is 0 Å². The maximum Gasteiger partial charge on any atom is 0.0649 e. The fraction of sp³-hybridized carbons (Fsp3) is 0.692. The zero-order chi connectivity index (χ0) is 11.0. The second-order valence-corrected chi connectivity index (χ2v) is 7.71. The molecule has 0 saturated heterocycles. The van der Waals surface area contributed by atoms with Gasteiger partial charge in [0.25, 0.3) is 0 Å². The summed E-state index contributed by atoms with van der Waals surface area (Å²) >= 11 is 3.96. The predicted octanol–water partition coefficient (Wildman–Crippen LogP) is 4.06. The van der Waals surface area contributed by atoms with Crippen LogP contribution in [0.1, 0.15) is 44.2 Å². The van der Waals surface area contributed by atoms with E-state index < -0.39 is 0 Å². The fourth-order valence-electron chi connectivity index (χ4n) is 2.55. The van der Waals surface area contributed by atoms with E-state index in [9.17, 15) is 0 Å². The summed E-state index contributed by atoms with van der Waals surface area (Å²) in [6.07, 6.45) is 5.63. The third-order valence-electron chi connectivity index (χ3n) is 3.79. The summed E-state index contributed by atoms with van der Waals surface area (Å²) in [6, 6.07) is 2.94. The van der Waals surface area contributed by atoms with E-state index in [2.05, 4.69) is 35.4 Å². The van der Waals surface area contributed by atoms with Crippen molar-refractivity contribution in [2.45, 2.75) is 48.1 Å². The quantitative estimate of drug-likeness (QED) is 0.871. The van der Waals surface area contributed by atoms with Gasteiger partial charge in [-0.1, -0.05) is 13.3 Å². The monoisotopic (exact) mass is 253 g/mol. The number of thioether (sulfide) groups is 1. The van der Waals surface area contributed by atoms with Gasteiger partial charge < -0.3 is 5.32 Å². The Bertz CT molecular complexity index is 357. The number of nitrogens with one attached hydrogen (secondary N) is 1. The summed E-state index contributed by atoms with van der Waals surface area (Å²) in [5, 5.41) is 6.80. The van der Waals surface area contributed by atoms with Gasteiger partial charge in [0.15, 0.2) is 0 Å². The average molecular weight is 253 g/mol. The highest BCUT2D eigenvalue weighted by molar-refractivity contribution is 8.01. The van der Waals surface area contributed by atoms with E-state index in [1.54, 1.807) is 9.77 Å². The minimum atomic E-state index is 0.623. The zero-order valence-corrected chi connectivity index (χ0v) is 11.4. The lowest BCUT2D eigenvalue weighted by molar-refractivity contribution is 0.285. The molecule has 1 aromatic heterocycles. The van der Waals surface area contributed by atoms with Gasteiger partial charge in [0.05, 0.1) is 4.21 Å². The molecule has 1 aromatic rings. The summed E-state index contributed by atoms with van der Waals surface area (Å²) in [7, 11) is 0. The molecule has 1 unspecified atom stereocenters. The number of hydrogen-bond donors (Lipinski definition) is 1. The Morgan fingerprint density at radius 2 is 2.31 bits per heavy atom. The second kappa shape index (κ2) is 4.71. The fourth-order valence-corrected chi connectivity index (χ4v) is 5.12. The number of fused-ring (bicyclic) bond motifs is 1. The molecule has 1 N–H and O–H groups in total. The van der Waals surface area contributed by atoms with Crippen LogP contribution in [0.25, 0.3) is 0 Å². The third-order valence-corrected chi connectivity index (χ3v) is 6.13. The Balaban J connectivity index is 1.65. The molecule has 0 aromatic carbocycles. The molecule has 2 atom stereocenters. The lowest BCUT2D eigenvalue weighted by Crippen LogP contribution is -2.33. The van der Waals surface area contributed by atoms with Crippen LogP contribution in [0, 0.1) is 5.92 Å². The van der Waals surface area contributed by atoms with Crippen molar-refractivity contribution in [2.75, 3.05) is 6.54 Å². The lowest BCUT2D eigenvalue weighted by Gasteiger charge is -2.32. The van der Waals surface area contributed by atoms with E-state index in [1.165, 1.54) is 32.2 Å². The molecular formula is C13H19NS2. The smallest absolute Gasteiger partial charge is 0.0649 e. The van der Waals surface area contributed by atoms with Crippen molar-refractivity contribution in [3.8, 4) is 0 Å². The van der Waals surface area contributed by atoms with Crippen molar-refractivity contribution in [3.63, 3.8) is 0 Å². The van der Waals surface area contributed by atoms with Gasteiger partial charge in [-0.05, 0) is 48.7 Å². The van der Waals surface area contributed by atoms with Crippen LogP contribution < -0.4 is 5.32 Å². The van der Waals surface area contributed by atoms with Crippen LogP contribution in [-0.4, -0.2) is 11.8 Å². The van der Waals surface area contributed by atoms with Crippen LogP contribution in [0.15, 0.2) is 15.7 Å². The summed E-state index contributed by atoms with van der Waals surface area (Å²) < 4.78 is 1.55. The zero-order valence-electron chi connectivity index (χ0n) is 9.74. The number of hydrogen-bond acceptors (Lipinski definition) is 3. The van der Waals surface area contributed by atoms with Gasteiger partial charge in [0.2, 0.25) is 0 Å². The van der Waals surface area contributed by atoms with Gasteiger partial charge in [-0.25, -0.2) is 0 Å². The van der Waals surface area contributed by atoms with Crippen molar-refractivity contribution in [2.24, 2.45) is 5.92 Å². The van der Waals surface area contributed by atoms with Crippen molar-refractivity contribution in [1.82, 2.24) is 5.32 Å². The van der Waals surface area contributed by atoms with Gasteiger partial charge in [-0.15, -0.1) is 23.1 Å². The second-order valence-electron chi connectivity index (χ2n) is 5.09. The van der Waals surface area contributed by atoms with Crippen molar-refractivity contribution < 1.29 is 0 Å². The standard InChI is InChI=1S/C13H19NS2/c1-9-7-12(14-8-10-3-2-4-10)11-5-6-15-13(11)16-9/h5-6,9-10,12,14H,2-4,7-8H2,1H3/t9-,12?/m0/s1. The highest BCUT2D eigenvalue weighted by atomic mass is 32.2. The van der Waals surface area contributed by atoms with Crippen molar-refractivity contribution in [3.05, 3.63) is 17.0 Å². The normalized spacial score (nSPS) is 29.8. The Kier molecular flexibility index (Phi) is 3.27. The molecule has 1 fully saturated rings. The van der Waals surface area contributed by atoms with Crippen molar-refractivity contribution in [1.29, 1.82) is 0 Å². The Labute approximate surface area is 106 Å². The van der Waals surface area contributed by atoms with Gasteiger partial charge in [-0.3, -0.25) is 0 Å². The van der Waals surface area contributed by atoms with Crippen LogP contribution in [0.3, 0.4) is 0 Å². The molecular weight excluding hydrogens is 234 g/mol. The van der Waals surface area contributed by atoms with E-state index in [1.807, 2.05) is 11.3 Å². The molecule has 0 amide bonds. The largest absolute Gasteiger partial charge is 0.310 e. The lowest BCUT2D eigenvalue weighted by atomic mass is 9.85. The molecule has 1 aliphatic carbocycles. The van der Waals surface area contributed by atoms with E-state index >= 15 is 0 Å². The van der Waals surface area contributed by atoms with Crippen LogP contribution in [0.5, 0.6) is 0 Å². The Morgan fingerprint density at radius 1 is 1.44 bits per heavy atom. The predicted molar refractivity (Wildman–Crippen MR) is 72.3 cm³/mol. The van der Waals surface area contributed by atoms with Crippen LogP contribution in [0.2, 0.25) is 0 Å². The number of thiophene rings is 1. The van der Waals surface area contributed by atoms with Gasteiger partial charge in [0.1, 0.15) is 0 Å². The first-order valence-electron chi connectivity index (χ1n) is 6.30. The van der Waals surface area contributed by atoms with E-state index in [-0.39, 0.29) is 0 Å². The minimum absolute atomic E-state index is 0.623. The Hall–Kier alpha value is 0.01000. The summed E-state index contributed by atoms with van der Waals surface area (Å²) in [4.78, 5) is 0. The first-order chi connectivity index (χ1) is 7.83. The topological polar surface area (TPSA) is 12.0 Å². The Morgan fingerprint density at radius 3 is 3.06 bits per heavy atom. The van der Waals surface area contributed by atoms with Gasteiger partial charge in [-0.2, -0.15) is 0 Å². The summed E-state index contributed by atoms with van der Waals surface area (Å²) in [5.74, 6) is 0.965. The summed E-state index contributed by atoms with van der Waals surface area (Å²) in [5.41, 5.74) is 1.56. The summed E-state index contributed by atoms with van der Waals surface area (Å²) in [6.45, 7) is 3.59. The van der Waals surface area contributed by atoms with Crippen LogP contribution >= 0.6 is 23.1 Å². The van der Waals surface area contributed by atoms with Crippen LogP contribution in [0.4, 0.5) is 0 Å². The highest BCUT2D eigenvalue weighted by Crippen LogP contribution is 2.43. The molecule has 3 rings (SSSR count). The maximum absolute atomic E-state index is 3.79. The molecule has 2 heterocycles. The SMILES string of the molecule is C[C@H]1CC(NCC2CCC2)c2ccsc2S1. The van der Waals surface area contributed by atoms with Crippen molar-refractivity contribution >= 4 is 23.1 Å². The van der Waals surface area contributed by atoms with Crippen LogP contribution in [-0.2, 0) is 0 Å². The van der Waals surface area contributed by atoms with Gasteiger partial charge in [0, 0.05) is 11.3 Å². The average Bonchev–Trinajstić information content (AvgIpc) is 2.62. The molecule has 1 saturated carbocycles. The molecule has 1 nitrogen and oxygen atoms in total. The molecule has 1 aliphatic heterocycles. The first-order valence-corrected chi connectivity index (χ1v) is 8.06. The molecule has 88 valence electrons. The molecule has 0 spiro atoms. The molecule has 16 heavy (non-hydrogen) atoms.